The van der Waals surface area contributed by atoms with Crippen LogP contribution < -0.4 is 19.6 Å². The van der Waals surface area contributed by atoms with E-state index in [-0.39, 0.29) is 11.5 Å². The first kappa shape index (κ1) is 30.5. The van der Waals surface area contributed by atoms with Gasteiger partial charge in [-0.25, -0.2) is 0 Å². The van der Waals surface area contributed by atoms with Gasteiger partial charge in [-0.15, -0.1) is 0 Å². The van der Waals surface area contributed by atoms with E-state index >= 15 is 0 Å². The first-order valence-corrected chi connectivity index (χ1v) is 16.8. The number of para-hydroxylation sites is 4. The number of aryl methyl sites for hydroxylation is 4. The van der Waals surface area contributed by atoms with Crippen molar-refractivity contribution in [3.8, 4) is 33.8 Å². The van der Waals surface area contributed by atoms with Crippen LogP contribution in [0.4, 0.5) is 34.1 Å². The zero-order chi connectivity index (χ0) is 33.8. The fraction of sp³-hybridized carbons (Fsp3) is 0.163. The fourth-order valence-corrected chi connectivity index (χ4v) is 7.76. The van der Waals surface area contributed by atoms with Crippen LogP contribution in [0, 0.1) is 27.7 Å². The van der Waals surface area contributed by atoms with E-state index in [9.17, 15) is 10.2 Å². The van der Waals surface area contributed by atoms with Gasteiger partial charge in [0.1, 0.15) is 11.5 Å². The van der Waals surface area contributed by atoms with Crippen LogP contribution in [0.2, 0.25) is 0 Å². The second-order valence-corrected chi connectivity index (χ2v) is 13.3. The lowest BCUT2D eigenvalue weighted by molar-refractivity contribution is 0.475. The van der Waals surface area contributed by atoms with Crippen molar-refractivity contribution in [1.29, 1.82) is 0 Å². The molecule has 2 aliphatic heterocycles. The average Bonchev–Trinajstić information content (AvgIpc) is 3.64. The summed E-state index contributed by atoms with van der Waals surface area (Å²) in [5.41, 5.74) is 15.3. The Bertz CT molecular complexity index is 2030. The van der Waals surface area contributed by atoms with Crippen molar-refractivity contribution in [2.75, 3.05) is 39.6 Å². The van der Waals surface area contributed by atoms with Crippen molar-refractivity contribution in [2.45, 2.75) is 27.7 Å². The lowest BCUT2D eigenvalue weighted by atomic mass is 9.95. The zero-order valence-corrected chi connectivity index (χ0v) is 28.4. The number of rotatable bonds is 6. The number of aromatic hydroxyl groups is 2. The smallest absolute Gasteiger partial charge is 0.139 e. The first-order valence-electron chi connectivity index (χ1n) is 16.8. The normalized spacial score (nSPS) is 13.6. The Balaban J connectivity index is 1.13. The van der Waals surface area contributed by atoms with E-state index in [2.05, 4.69) is 144 Å². The molecule has 0 amide bonds. The summed E-state index contributed by atoms with van der Waals surface area (Å²) in [6.07, 6.45) is 0. The summed E-state index contributed by atoms with van der Waals surface area (Å²) in [5, 5.41) is 22.5. The van der Waals surface area contributed by atoms with Crippen molar-refractivity contribution < 1.29 is 10.2 Å². The molecule has 0 unspecified atom stereocenters. The van der Waals surface area contributed by atoms with Crippen molar-refractivity contribution in [1.82, 2.24) is 0 Å². The van der Waals surface area contributed by atoms with E-state index in [1.54, 1.807) is 0 Å². The van der Waals surface area contributed by atoms with Gasteiger partial charge in [0, 0.05) is 0 Å². The van der Waals surface area contributed by atoms with E-state index in [0.717, 1.165) is 45.3 Å². The van der Waals surface area contributed by atoms with Gasteiger partial charge in [0.05, 0.1) is 54.1 Å². The van der Waals surface area contributed by atoms with Crippen molar-refractivity contribution in [2.24, 2.45) is 0 Å². The van der Waals surface area contributed by atoms with Crippen LogP contribution in [0.15, 0.2) is 121 Å². The summed E-state index contributed by atoms with van der Waals surface area (Å²) in [4.78, 5) is 9.13. The molecule has 0 aromatic heterocycles. The molecule has 6 nitrogen and oxygen atoms in total. The number of benzene rings is 6. The summed E-state index contributed by atoms with van der Waals surface area (Å²) in [7, 11) is 0. The summed E-state index contributed by atoms with van der Waals surface area (Å²) in [5.74, 6) is 0.507. The molecule has 0 saturated carbocycles. The summed E-state index contributed by atoms with van der Waals surface area (Å²) in [6.45, 7) is 10.3. The molecule has 2 heterocycles. The Labute approximate surface area is 288 Å². The van der Waals surface area contributed by atoms with Crippen LogP contribution in [0.5, 0.6) is 11.5 Å². The van der Waals surface area contributed by atoms with E-state index in [4.69, 9.17) is 0 Å². The quantitative estimate of drug-likeness (QED) is 0.188. The van der Waals surface area contributed by atoms with Crippen LogP contribution in [0.3, 0.4) is 0 Å². The van der Waals surface area contributed by atoms with Crippen LogP contribution in [0.1, 0.15) is 22.3 Å². The molecule has 0 radical (unpaired) electrons. The topological polar surface area (TPSA) is 53.4 Å². The zero-order valence-electron chi connectivity index (χ0n) is 28.4. The highest BCUT2D eigenvalue weighted by Crippen LogP contribution is 2.48. The molecule has 2 N–H and O–H groups in total. The van der Waals surface area contributed by atoms with Gasteiger partial charge in [0.25, 0.3) is 0 Å². The monoisotopic (exact) mass is 644 g/mol. The van der Waals surface area contributed by atoms with E-state index in [0.29, 0.717) is 20.0 Å². The van der Waals surface area contributed by atoms with Crippen LogP contribution >= 0.6 is 0 Å². The molecule has 0 bridgehead atoms. The molecule has 2 aliphatic rings. The third-order valence-corrected chi connectivity index (χ3v) is 10.1. The molecule has 0 aliphatic carbocycles. The highest BCUT2D eigenvalue weighted by molar-refractivity contribution is 5.89. The predicted molar refractivity (Wildman–Crippen MR) is 203 cm³/mol. The fourth-order valence-electron chi connectivity index (χ4n) is 7.76. The molecule has 0 fully saturated rings. The van der Waals surface area contributed by atoms with Gasteiger partial charge in [0.2, 0.25) is 0 Å². The molecular formula is C43H40N4O2. The van der Waals surface area contributed by atoms with Gasteiger partial charge in [-0.2, -0.15) is 0 Å². The number of phenolic OH excluding ortho intramolecular Hbond substituents is 2. The number of nitrogens with zero attached hydrogens (tertiary/aromatic N) is 4. The molecule has 0 saturated heterocycles. The minimum Gasteiger partial charge on any atom is -0.506 e. The first-order chi connectivity index (χ1) is 23.8. The van der Waals surface area contributed by atoms with Gasteiger partial charge in [-0.3, -0.25) is 0 Å². The maximum absolute atomic E-state index is 11.2. The number of hydrogen-bond donors (Lipinski definition) is 2. The standard InChI is InChI=1S/C43H40N4O2/c1-28-11-9-12-29(2)42(28)32-19-21-40(48)38(23-32)46-26-44(34-15-5-7-17-36(34)46)25-45-27-47(37-18-8-6-16-35(37)45)39-24-33(20-22-41(39)49)43-30(3)13-10-14-31(43)4/h5-24,48-49H,25-27H2,1-4H3. The maximum atomic E-state index is 11.2. The average molecular weight is 645 g/mol. The van der Waals surface area contributed by atoms with Crippen molar-refractivity contribution >= 4 is 34.1 Å². The van der Waals surface area contributed by atoms with Crippen molar-refractivity contribution in [3.63, 3.8) is 0 Å². The Kier molecular flexibility index (Phi) is 7.44. The Morgan fingerprint density at radius 1 is 0.429 bits per heavy atom. The van der Waals surface area contributed by atoms with Gasteiger partial charge >= 0.3 is 0 Å². The highest BCUT2D eigenvalue weighted by Gasteiger charge is 2.34. The second kappa shape index (κ2) is 12.0. The molecule has 0 spiro atoms. The minimum absolute atomic E-state index is 0.253. The maximum Gasteiger partial charge on any atom is 0.139 e. The third kappa shape index (κ3) is 5.21. The summed E-state index contributed by atoms with van der Waals surface area (Å²) >= 11 is 0. The van der Waals surface area contributed by atoms with E-state index in [1.807, 2.05) is 24.3 Å². The van der Waals surface area contributed by atoms with Crippen molar-refractivity contribution in [3.05, 3.63) is 144 Å². The largest absolute Gasteiger partial charge is 0.506 e. The SMILES string of the molecule is Cc1cccc(C)c1-c1ccc(O)c(N2CN(CN3CN(c4cc(-c5c(C)cccc5C)ccc4O)c4ccccc43)c3ccccc32)c1. The van der Waals surface area contributed by atoms with Crippen LogP contribution in [-0.4, -0.2) is 30.2 Å². The highest BCUT2D eigenvalue weighted by atomic mass is 16.3. The molecule has 0 atom stereocenters. The second-order valence-electron chi connectivity index (χ2n) is 13.3. The third-order valence-electron chi connectivity index (χ3n) is 10.1. The predicted octanol–water partition coefficient (Wildman–Crippen LogP) is 10.2. The molecule has 49 heavy (non-hydrogen) atoms. The Morgan fingerprint density at radius 2 is 0.796 bits per heavy atom. The lowest BCUT2D eigenvalue weighted by Crippen LogP contribution is -2.40. The summed E-state index contributed by atoms with van der Waals surface area (Å²) < 4.78 is 0. The van der Waals surface area contributed by atoms with E-state index < -0.39 is 0 Å². The Hall–Kier alpha value is -5.88. The van der Waals surface area contributed by atoms with Gasteiger partial charge < -0.3 is 29.8 Å². The summed E-state index contributed by atoms with van der Waals surface area (Å²) in [6, 6.07) is 41.4. The molecule has 6 heteroatoms. The van der Waals surface area contributed by atoms with Crippen LogP contribution in [-0.2, 0) is 0 Å². The number of phenols is 2. The minimum atomic E-state index is 0.253. The molecule has 6 aromatic rings. The van der Waals surface area contributed by atoms with E-state index in [1.165, 1.54) is 33.4 Å². The van der Waals surface area contributed by atoms with Crippen LogP contribution in [0.25, 0.3) is 22.3 Å². The van der Waals surface area contributed by atoms with Gasteiger partial charge in [-0.05, 0) is 121 Å². The number of hydrogen-bond acceptors (Lipinski definition) is 6. The molecular weight excluding hydrogens is 604 g/mol. The number of anilines is 6. The van der Waals surface area contributed by atoms with Gasteiger partial charge in [0.15, 0.2) is 0 Å². The number of fused-ring (bicyclic) bond motifs is 2. The lowest BCUT2D eigenvalue weighted by Gasteiger charge is -2.29. The molecule has 6 aromatic carbocycles. The molecule has 244 valence electrons. The Morgan fingerprint density at radius 3 is 1.18 bits per heavy atom. The molecule has 8 rings (SSSR count). The van der Waals surface area contributed by atoms with Gasteiger partial charge in [-0.1, -0.05) is 72.8 Å².